The van der Waals surface area contributed by atoms with Gasteiger partial charge in [0.1, 0.15) is 11.3 Å². The van der Waals surface area contributed by atoms with Crippen molar-refractivity contribution in [3.05, 3.63) is 28.8 Å². The van der Waals surface area contributed by atoms with Crippen molar-refractivity contribution in [3.63, 3.8) is 0 Å². The molecule has 0 bridgehead atoms. The molecule has 138 valence electrons. The minimum atomic E-state index is -0.938. The summed E-state index contributed by atoms with van der Waals surface area (Å²) in [5.74, 6) is 0.524. The maximum Gasteiger partial charge on any atom is 0.331 e. The van der Waals surface area contributed by atoms with Gasteiger partial charge in [-0.2, -0.15) is 0 Å². The van der Waals surface area contributed by atoms with Crippen LogP contribution in [0.25, 0.3) is 0 Å². The Morgan fingerprint density at radius 3 is 2.52 bits per heavy atom. The monoisotopic (exact) mass is 367 g/mol. The van der Waals surface area contributed by atoms with E-state index in [1.54, 1.807) is 18.2 Å². The Kier molecular flexibility index (Phi) is 6.71. The van der Waals surface area contributed by atoms with Crippen molar-refractivity contribution in [1.29, 1.82) is 0 Å². The van der Waals surface area contributed by atoms with Crippen molar-refractivity contribution in [2.24, 2.45) is 5.92 Å². The van der Waals surface area contributed by atoms with Gasteiger partial charge >= 0.3 is 5.97 Å². The van der Waals surface area contributed by atoms with E-state index in [2.05, 4.69) is 12.2 Å². The molecule has 0 heterocycles. The van der Waals surface area contributed by atoms with Gasteiger partial charge in [0.25, 0.3) is 0 Å². The van der Waals surface area contributed by atoms with Crippen LogP contribution >= 0.6 is 11.6 Å². The van der Waals surface area contributed by atoms with E-state index in [4.69, 9.17) is 21.1 Å². The molecule has 0 radical (unpaired) electrons. The molecule has 0 aliphatic heterocycles. The third kappa shape index (κ3) is 4.46. The average Bonchev–Trinajstić information content (AvgIpc) is 2.63. The van der Waals surface area contributed by atoms with Crippen LogP contribution in [-0.2, 0) is 20.7 Å². The first-order valence-corrected chi connectivity index (χ1v) is 9.04. The third-order valence-electron chi connectivity index (χ3n) is 5.12. The number of methoxy groups -OCH3 is 2. The van der Waals surface area contributed by atoms with Gasteiger partial charge in [-0.3, -0.25) is 4.79 Å². The van der Waals surface area contributed by atoms with Crippen LogP contribution in [0.1, 0.15) is 44.6 Å². The smallest absolute Gasteiger partial charge is 0.331 e. The van der Waals surface area contributed by atoms with Crippen LogP contribution in [0.4, 0.5) is 0 Å². The van der Waals surface area contributed by atoms with Gasteiger partial charge < -0.3 is 14.8 Å². The molecule has 0 spiro atoms. The lowest BCUT2D eigenvalue weighted by Crippen LogP contribution is -2.57. The van der Waals surface area contributed by atoms with Crippen molar-refractivity contribution in [1.82, 2.24) is 5.32 Å². The SMILES string of the molecule is CCC1CCC(NC(=O)Cc2c(Cl)cccc2OC)(C(=O)OC)CC1. The summed E-state index contributed by atoms with van der Waals surface area (Å²) < 4.78 is 10.3. The highest BCUT2D eigenvalue weighted by Crippen LogP contribution is 2.35. The molecule has 1 saturated carbocycles. The predicted molar refractivity (Wildman–Crippen MR) is 96.8 cm³/mol. The van der Waals surface area contributed by atoms with Crippen LogP contribution in [0.15, 0.2) is 18.2 Å². The zero-order chi connectivity index (χ0) is 18.4. The van der Waals surface area contributed by atoms with E-state index < -0.39 is 5.54 Å². The zero-order valence-corrected chi connectivity index (χ0v) is 15.8. The largest absolute Gasteiger partial charge is 0.496 e. The summed E-state index contributed by atoms with van der Waals surface area (Å²) in [7, 11) is 2.90. The lowest BCUT2D eigenvalue weighted by atomic mass is 9.75. The fourth-order valence-corrected chi connectivity index (χ4v) is 3.76. The molecule has 1 amide bonds. The molecular weight excluding hydrogens is 342 g/mol. The molecule has 0 unspecified atom stereocenters. The molecule has 1 aliphatic carbocycles. The van der Waals surface area contributed by atoms with E-state index in [1.165, 1.54) is 14.2 Å². The van der Waals surface area contributed by atoms with E-state index >= 15 is 0 Å². The van der Waals surface area contributed by atoms with Crippen LogP contribution in [0.5, 0.6) is 5.75 Å². The summed E-state index contributed by atoms with van der Waals surface area (Å²) in [5.41, 5.74) is -0.321. The summed E-state index contributed by atoms with van der Waals surface area (Å²) >= 11 is 6.21. The third-order valence-corrected chi connectivity index (χ3v) is 5.48. The van der Waals surface area contributed by atoms with Crippen LogP contribution < -0.4 is 10.1 Å². The number of halogens is 1. The van der Waals surface area contributed by atoms with Gasteiger partial charge in [-0.25, -0.2) is 4.79 Å². The summed E-state index contributed by atoms with van der Waals surface area (Å²) in [4.78, 5) is 25.0. The standard InChI is InChI=1S/C19H26ClNO4/c1-4-13-8-10-19(11-9-13,18(23)25-3)21-17(22)12-14-15(20)6-5-7-16(14)24-2/h5-7,13H,4,8-12H2,1-3H3,(H,21,22). The number of carbonyl (C=O) groups is 2. The fourth-order valence-electron chi connectivity index (χ4n) is 3.53. The molecule has 25 heavy (non-hydrogen) atoms. The number of hydrogen-bond acceptors (Lipinski definition) is 4. The maximum absolute atomic E-state index is 12.6. The molecule has 1 fully saturated rings. The Balaban J connectivity index is 2.15. The summed E-state index contributed by atoms with van der Waals surface area (Å²) in [6, 6.07) is 5.25. The van der Waals surface area contributed by atoms with Crippen LogP contribution in [0, 0.1) is 5.92 Å². The van der Waals surface area contributed by atoms with Crippen LogP contribution in [-0.4, -0.2) is 31.6 Å². The van der Waals surface area contributed by atoms with Gasteiger partial charge in [-0.05, 0) is 43.7 Å². The summed E-state index contributed by atoms with van der Waals surface area (Å²) in [6.45, 7) is 2.15. The molecule has 1 aromatic rings. The first kappa shape index (κ1) is 19.6. The van der Waals surface area contributed by atoms with Gasteiger partial charge in [0, 0.05) is 10.6 Å². The Labute approximate surface area is 154 Å². The molecule has 6 heteroatoms. The van der Waals surface area contributed by atoms with Crippen molar-refractivity contribution < 1.29 is 19.1 Å². The molecular formula is C19H26ClNO4. The molecule has 1 N–H and O–H groups in total. The van der Waals surface area contributed by atoms with Crippen molar-refractivity contribution in [2.75, 3.05) is 14.2 Å². The number of amides is 1. The number of carbonyl (C=O) groups excluding carboxylic acids is 2. The molecule has 1 aromatic carbocycles. The molecule has 2 rings (SSSR count). The van der Waals surface area contributed by atoms with Crippen molar-refractivity contribution >= 4 is 23.5 Å². The number of ether oxygens (including phenoxy) is 2. The summed E-state index contributed by atoms with van der Waals surface area (Å²) in [5, 5.41) is 3.40. The number of benzene rings is 1. The first-order chi connectivity index (χ1) is 12.0. The van der Waals surface area contributed by atoms with Gasteiger partial charge in [0.2, 0.25) is 5.91 Å². The van der Waals surface area contributed by atoms with Crippen LogP contribution in [0.2, 0.25) is 5.02 Å². The zero-order valence-electron chi connectivity index (χ0n) is 15.1. The van der Waals surface area contributed by atoms with Gasteiger partial charge in [0.15, 0.2) is 0 Å². The Hall–Kier alpha value is -1.75. The molecule has 0 atom stereocenters. The highest BCUT2D eigenvalue weighted by Gasteiger charge is 2.43. The highest BCUT2D eigenvalue weighted by molar-refractivity contribution is 6.31. The average molecular weight is 368 g/mol. The molecule has 0 saturated heterocycles. The topological polar surface area (TPSA) is 64.6 Å². The Morgan fingerprint density at radius 2 is 1.96 bits per heavy atom. The fraction of sp³-hybridized carbons (Fsp3) is 0.579. The van der Waals surface area contributed by atoms with E-state index in [9.17, 15) is 9.59 Å². The maximum atomic E-state index is 12.6. The molecule has 5 nitrogen and oxygen atoms in total. The van der Waals surface area contributed by atoms with E-state index in [-0.39, 0.29) is 18.3 Å². The van der Waals surface area contributed by atoms with Gasteiger partial charge in [-0.1, -0.05) is 31.0 Å². The second kappa shape index (κ2) is 8.56. The lowest BCUT2D eigenvalue weighted by Gasteiger charge is -2.38. The normalized spacial score (nSPS) is 23.0. The number of nitrogens with one attached hydrogen (secondary N) is 1. The number of rotatable bonds is 6. The molecule has 0 aromatic heterocycles. The van der Waals surface area contributed by atoms with Gasteiger partial charge in [-0.15, -0.1) is 0 Å². The summed E-state index contributed by atoms with van der Waals surface area (Å²) in [6.07, 6.45) is 4.15. The minimum Gasteiger partial charge on any atom is -0.496 e. The Bertz CT molecular complexity index is 624. The minimum absolute atomic E-state index is 0.0544. The highest BCUT2D eigenvalue weighted by atomic mass is 35.5. The second-order valence-electron chi connectivity index (χ2n) is 6.57. The lowest BCUT2D eigenvalue weighted by molar-refractivity contribution is -0.153. The number of hydrogen-bond donors (Lipinski definition) is 1. The van der Waals surface area contributed by atoms with Gasteiger partial charge in [0.05, 0.1) is 20.6 Å². The Morgan fingerprint density at radius 1 is 1.28 bits per heavy atom. The number of esters is 1. The van der Waals surface area contributed by atoms with E-state index in [0.717, 1.165) is 19.3 Å². The molecule has 1 aliphatic rings. The van der Waals surface area contributed by atoms with Crippen molar-refractivity contribution in [2.45, 2.75) is 51.0 Å². The second-order valence-corrected chi connectivity index (χ2v) is 6.98. The van der Waals surface area contributed by atoms with E-state index in [0.29, 0.717) is 35.1 Å². The van der Waals surface area contributed by atoms with Crippen LogP contribution in [0.3, 0.4) is 0 Å². The quantitative estimate of drug-likeness (QED) is 0.781. The first-order valence-electron chi connectivity index (χ1n) is 8.66. The van der Waals surface area contributed by atoms with Crippen molar-refractivity contribution in [3.8, 4) is 5.75 Å². The predicted octanol–water partition coefficient (Wildman–Crippen LogP) is 3.52. The van der Waals surface area contributed by atoms with E-state index in [1.807, 2.05) is 0 Å².